The maximum Gasteiger partial charge on any atom is 0.328 e. The number of sulfone groups is 1. The van der Waals surface area contributed by atoms with Crippen LogP contribution < -0.4 is 16.0 Å². The number of anilines is 2. The second-order valence-electron chi connectivity index (χ2n) is 9.30. The van der Waals surface area contributed by atoms with Crippen LogP contribution >= 0.6 is 23.2 Å². The molecule has 4 aromatic rings. The van der Waals surface area contributed by atoms with Crippen molar-refractivity contribution in [3.8, 4) is 0 Å². The first-order valence-electron chi connectivity index (χ1n) is 12.8. The van der Waals surface area contributed by atoms with Gasteiger partial charge in [0.25, 0.3) is 5.91 Å². The molecule has 43 heavy (non-hydrogen) atoms. The molecule has 1 aromatic heterocycles. The first-order chi connectivity index (χ1) is 20.5. The van der Waals surface area contributed by atoms with Gasteiger partial charge in [0.2, 0.25) is 9.84 Å². The molecule has 0 bridgehead atoms. The molecule has 0 aliphatic carbocycles. The number of halogens is 2. The van der Waals surface area contributed by atoms with Gasteiger partial charge in [-0.2, -0.15) is 0 Å². The number of ether oxygens (including phenoxy) is 1. The van der Waals surface area contributed by atoms with E-state index >= 15 is 0 Å². The standard InChI is InChI=1S/C30H26Cl2N4O6S/c1-18-8-14-21(15-9-18)43(40,41)28-24(7-4-16-33-28)35-30(39)36-25(29(38)42-2)17-19-10-12-20(13-11-19)34-27(37)26-22(31)5-3-6-23(26)32/h3-16,25H,17H2,1-2H3,(H,34,37)(H2,35,36,39)/t25-/m0/s1. The van der Waals surface area contributed by atoms with Crippen LogP contribution in [0.25, 0.3) is 0 Å². The fourth-order valence-electron chi connectivity index (χ4n) is 4.05. The minimum Gasteiger partial charge on any atom is -0.467 e. The fraction of sp³-hybridized carbons (Fsp3) is 0.133. The number of nitrogens with zero attached hydrogens (tertiary/aromatic N) is 1. The van der Waals surface area contributed by atoms with Crippen LogP contribution in [-0.2, 0) is 25.8 Å². The number of carbonyl (C=O) groups is 3. The van der Waals surface area contributed by atoms with E-state index in [0.29, 0.717) is 11.3 Å². The number of hydrogen-bond acceptors (Lipinski definition) is 7. The van der Waals surface area contributed by atoms with Gasteiger partial charge in [-0.3, -0.25) is 4.79 Å². The third kappa shape index (κ3) is 7.69. The molecule has 13 heteroatoms. The highest BCUT2D eigenvalue weighted by Crippen LogP contribution is 2.27. The zero-order chi connectivity index (χ0) is 31.1. The van der Waals surface area contributed by atoms with Crippen molar-refractivity contribution in [1.82, 2.24) is 10.3 Å². The first kappa shape index (κ1) is 31.5. The van der Waals surface area contributed by atoms with Gasteiger partial charge in [-0.05, 0) is 61.0 Å². The summed E-state index contributed by atoms with van der Waals surface area (Å²) in [5, 5.41) is 7.78. The van der Waals surface area contributed by atoms with Gasteiger partial charge < -0.3 is 20.7 Å². The van der Waals surface area contributed by atoms with Crippen molar-refractivity contribution in [3.05, 3.63) is 112 Å². The van der Waals surface area contributed by atoms with Crippen molar-refractivity contribution in [2.45, 2.75) is 29.3 Å². The number of urea groups is 1. The van der Waals surface area contributed by atoms with Crippen LogP contribution in [0.3, 0.4) is 0 Å². The number of esters is 1. The number of hydrogen-bond donors (Lipinski definition) is 3. The number of pyridine rings is 1. The molecule has 0 aliphatic heterocycles. The second-order valence-corrected chi connectivity index (χ2v) is 12.0. The van der Waals surface area contributed by atoms with Crippen molar-refractivity contribution in [3.63, 3.8) is 0 Å². The zero-order valence-corrected chi connectivity index (χ0v) is 25.3. The van der Waals surface area contributed by atoms with E-state index in [1.54, 1.807) is 54.6 Å². The minimum absolute atomic E-state index is 0.0160. The Morgan fingerprint density at radius 2 is 1.53 bits per heavy atom. The Kier molecular flexibility index (Phi) is 10.0. The van der Waals surface area contributed by atoms with Crippen molar-refractivity contribution < 1.29 is 27.5 Å². The largest absolute Gasteiger partial charge is 0.467 e. The molecule has 222 valence electrons. The number of rotatable bonds is 9. The first-order valence-corrected chi connectivity index (χ1v) is 15.0. The van der Waals surface area contributed by atoms with Gasteiger partial charge in [0.1, 0.15) is 6.04 Å². The van der Waals surface area contributed by atoms with Crippen molar-refractivity contribution in [2.75, 3.05) is 17.7 Å². The number of amides is 3. The second kappa shape index (κ2) is 13.7. The summed E-state index contributed by atoms with van der Waals surface area (Å²) in [4.78, 5) is 42.1. The van der Waals surface area contributed by atoms with Crippen LogP contribution in [0.5, 0.6) is 0 Å². The summed E-state index contributed by atoms with van der Waals surface area (Å²) in [6.45, 7) is 1.83. The topological polar surface area (TPSA) is 144 Å². The van der Waals surface area contributed by atoms with Crippen molar-refractivity contribution >= 4 is 62.3 Å². The van der Waals surface area contributed by atoms with E-state index in [-0.39, 0.29) is 37.6 Å². The van der Waals surface area contributed by atoms with E-state index in [1.807, 2.05) is 6.92 Å². The highest BCUT2D eigenvalue weighted by atomic mass is 35.5. The summed E-state index contributed by atoms with van der Waals surface area (Å²) in [6.07, 6.45) is 1.34. The van der Waals surface area contributed by atoms with Crippen LogP contribution in [-0.4, -0.2) is 44.5 Å². The average molecular weight is 642 g/mol. The molecule has 0 radical (unpaired) electrons. The summed E-state index contributed by atoms with van der Waals surface area (Å²) in [5.74, 6) is -1.21. The lowest BCUT2D eigenvalue weighted by molar-refractivity contribution is -0.142. The number of benzene rings is 3. The molecule has 0 aliphatic rings. The molecule has 0 fully saturated rings. The molecule has 0 unspecified atom stereocenters. The summed E-state index contributed by atoms with van der Waals surface area (Å²) < 4.78 is 31.3. The van der Waals surface area contributed by atoms with Crippen LogP contribution in [0.1, 0.15) is 21.5 Å². The Hall–Kier alpha value is -4.45. The smallest absolute Gasteiger partial charge is 0.328 e. The molecule has 3 amide bonds. The highest BCUT2D eigenvalue weighted by molar-refractivity contribution is 7.91. The third-order valence-electron chi connectivity index (χ3n) is 6.24. The Balaban J connectivity index is 1.46. The number of aromatic nitrogens is 1. The van der Waals surface area contributed by atoms with E-state index in [2.05, 4.69) is 20.9 Å². The van der Waals surface area contributed by atoms with E-state index in [0.717, 1.165) is 5.56 Å². The summed E-state index contributed by atoms with van der Waals surface area (Å²) in [6, 6.07) is 18.4. The predicted molar refractivity (Wildman–Crippen MR) is 163 cm³/mol. The fourth-order valence-corrected chi connectivity index (χ4v) is 5.94. The molecule has 1 atom stereocenters. The van der Waals surface area contributed by atoms with E-state index in [9.17, 15) is 22.8 Å². The predicted octanol–water partition coefficient (Wildman–Crippen LogP) is 5.69. The molecule has 1 heterocycles. The van der Waals surface area contributed by atoms with Crippen LogP contribution in [0.2, 0.25) is 10.0 Å². The van der Waals surface area contributed by atoms with Crippen molar-refractivity contribution in [1.29, 1.82) is 0 Å². The summed E-state index contributed by atoms with van der Waals surface area (Å²) in [7, 11) is -2.87. The monoisotopic (exact) mass is 640 g/mol. The molecule has 10 nitrogen and oxygen atoms in total. The number of carbonyl (C=O) groups excluding carboxylic acids is 3. The molecule has 0 saturated heterocycles. The van der Waals surface area contributed by atoms with Gasteiger partial charge in [-0.15, -0.1) is 0 Å². The maximum atomic E-state index is 13.2. The van der Waals surface area contributed by atoms with Gasteiger partial charge >= 0.3 is 12.0 Å². The summed E-state index contributed by atoms with van der Waals surface area (Å²) in [5.41, 5.74) is 2.03. The van der Waals surface area contributed by atoms with Gasteiger partial charge in [-0.1, -0.05) is 59.1 Å². The van der Waals surface area contributed by atoms with Gasteiger partial charge in [0.15, 0.2) is 5.03 Å². The lowest BCUT2D eigenvalue weighted by Gasteiger charge is -2.18. The molecule has 0 spiro atoms. The Morgan fingerprint density at radius 3 is 2.16 bits per heavy atom. The van der Waals surface area contributed by atoms with E-state index in [4.69, 9.17) is 27.9 Å². The molecule has 3 N–H and O–H groups in total. The van der Waals surface area contributed by atoms with Gasteiger partial charge in [-0.25, -0.2) is 23.0 Å². The molecule has 0 saturated carbocycles. The number of nitrogens with one attached hydrogen (secondary N) is 3. The van der Waals surface area contributed by atoms with Crippen LogP contribution in [0.4, 0.5) is 16.2 Å². The number of methoxy groups -OCH3 is 1. The molecular weight excluding hydrogens is 615 g/mol. The SMILES string of the molecule is COC(=O)[C@H](Cc1ccc(NC(=O)c2c(Cl)cccc2Cl)cc1)NC(=O)Nc1cccnc1S(=O)(=O)c1ccc(C)cc1. The summed E-state index contributed by atoms with van der Waals surface area (Å²) >= 11 is 12.2. The normalized spacial score (nSPS) is 11.7. The Morgan fingerprint density at radius 1 is 0.884 bits per heavy atom. The van der Waals surface area contributed by atoms with Crippen LogP contribution in [0, 0.1) is 6.92 Å². The quantitative estimate of drug-likeness (QED) is 0.199. The zero-order valence-electron chi connectivity index (χ0n) is 22.9. The third-order valence-corrected chi connectivity index (χ3v) is 8.59. The average Bonchev–Trinajstić information content (AvgIpc) is 2.97. The van der Waals surface area contributed by atoms with E-state index in [1.165, 1.54) is 37.6 Å². The maximum absolute atomic E-state index is 13.2. The van der Waals surface area contributed by atoms with Crippen molar-refractivity contribution in [2.24, 2.45) is 0 Å². The van der Waals surface area contributed by atoms with E-state index < -0.39 is 33.8 Å². The Labute approximate surface area is 258 Å². The lowest BCUT2D eigenvalue weighted by Crippen LogP contribution is -2.45. The van der Waals surface area contributed by atoms with Gasteiger partial charge in [0.05, 0.1) is 33.3 Å². The minimum atomic E-state index is -4.06. The molecular formula is C30H26Cl2N4O6S. The molecule has 3 aromatic carbocycles. The van der Waals surface area contributed by atoms with Crippen LogP contribution in [0.15, 0.2) is 95.0 Å². The van der Waals surface area contributed by atoms with Gasteiger partial charge in [0, 0.05) is 18.3 Å². The lowest BCUT2D eigenvalue weighted by atomic mass is 10.1. The Bertz CT molecular complexity index is 1740. The highest BCUT2D eigenvalue weighted by Gasteiger charge is 2.26. The molecule has 4 rings (SSSR count). The number of aryl methyl sites for hydroxylation is 1.